The highest BCUT2D eigenvalue weighted by atomic mass is 32.2. The molecule has 2 amide bonds. The number of imidazole rings is 1. The molecule has 0 unspecified atom stereocenters. The second-order valence-corrected chi connectivity index (χ2v) is 10.5. The van der Waals surface area contributed by atoms with Crippen LogP contribution in [0.15, 0.2) is 60.9 Å². The molecule has 2 aromatic heterocycles. The fourth-order valence-electron chi connectivity index (χ4n) is 3.49. The number of halogens is 1. The minimum absolute atomic E-state index is 0.0122. The summed E-state index contributed by atoms with van der Waals surface area (Å²) in [5.74, 6) is -1.87. The molecule has 0 fully saturated rings. The van der Waals surface area contributed by atoms with E-state index in [0.717, 1.165) is 16.1 Å². The van der Waals surface area contributed by atoms with Gasteiger partial charge in [-0.1, -0.05) is 17.7 Å². The number of rotatable bonds is 8. The molecule has 0 saturated heterocycles. The van der Waals surface area contributed by atoms with Crippen LogP contribution in [0.5, 0.6) is 0 Å². The molecular formula is C24H24FN7O4S. The number of nitrogens with one attached hydrogen (secondary N) is 1. The first-order chi connectivity index (χ1) is 17.4. The molecular weight excluding hydrogens is 501 g/mol. The largest absolute Gasteiger partial charge is 0.364 e. The average molecular weight is 526 g/mol. The van der Waals surface area contributed by atoms with E-state index in [9.17, 15) is 18.0 Å². The van der Waals surface area contributed by atoms with Crippen molar-refractivity contribution < 1.29 is 22.4 Å². The van der Waals surface area contributed by atoms with Crippen LogP contribution in [-0.2, 0) is 16.6 Å². The van der Waals surface area contributed by atoms with Crippen molar-refractivity contribution >= 4 is 27.5 Å². The minimum atomic E-state index is -3.44. The highest BCUT2D eigenvalue weighted by Crippen LogP contribution is 2.22. The zero-order valence-electron chi connectivity index (χ0n) is 20.2. The van der Waals surface area contributed by atoms with E-state index in [1.54, 1.807) is 29.0 Å². The van der Waals surface area contributed by atoms with Gasteiger partial charge in [0.2, 0.25) is 10.0 Å². The molecule has 192 valence electrons. The summed E-state index contributed by atoms with van der Waals surface area (Å²) >= 11 is 0. The van der Waals surface area contributed by atoms with Crippen LogP contribution < -0.4 is 11.1 Å². The summed E-state index contributed by atoms with van der Waals surface area (Å²) in [6.45, 7) is 1.88. The summed E-state index contributed by atoms with van der Waals surface area (Å²) in [7, 11) is -2.02. The van der Waals surface area contributed by atoms with Crippen molar-refractivity contribution in [1.82, 2.24) is 23.6 Å². The van der Waals surface area contributed by atoms with Gasteiger partial charge in [0.15, 0.2) is 5.69 Å². The fourth-order valence-corrected chi connectivity index (χ4v) is 3.84. The molecule has 0 saturated carbocycles. The maximum absolute atomic E-state index is 15.1. The summed E-state index contributed by atoms with van der Waals surface area (Å²) < 4.78 is 42.5. The van der Waals surface area contributed by atoms with Crippen molar-refractivity contribution in [2.45, 2.75) is 13.5 Å². The van der Waals surface area contributed by atoms with Crippen LogP contribution in [0.1, 0.15) is 32.4 Å². The van der Waals surface area contributed by atoms with Gasteiger partial charge in [-0.25, -0.2) is 22.5 Å². The maximum Gasteiger partial charge on any atom is 0.274 e. The SMILES string of the molecule is Cc1ccc(-n2nc(C(N)=O)cc2C(=O)Nc2ccc(-n3ccnc3CN(C)S(C)(=O)=O)cc2F)cc1. The van der Waals surface area contributed by atoms with Crippen molar-refractivity contribution in [1.29, 1.82) is 0 Å². The number of carbonyl (C=O) groups excluding carboxylic acids is 2. The number of benzene rings is 2. The summed E-state index contributed by atoms with van der Waals surface area (Å²) in [6, 6.07) is 12.4. The van der Waals surface area contributed by atoms with Gasteiger partial charge >= 0.3 is 0 Å². The molecule has 2 heterocycles. The molecule has 4 aromatic rings. The first kappa shape index (κ1) is 25.7. The maximum atomic E-state index is 15.1. The summed E-state index contributed by atoms with van der Waals surface area (Å²) in [6.07, 6.45) is 4.13. The molecule has 13 heteroatoms. The van der Waals surface area contributed by atoms with Gasteiger partial charge in [0.25, 0.3) is 11.8 Å². The summed E-state index contributed by atoms with van der Waals surface area (Å²) in [4.78, 5) is 28.9. The average Bonchev–Trinajstić information content (AvgIpc) is 3.48. The van der Waals surface area contributed by atoms with Gasteiger partial charge < -0.3 is 15.6 Å². The second kappa shape index (κ2) is 9.95. The van der Waals surface area contributed by atoms with E-state index in [1.165, 1.54) is 36.1 Å². The number of anilines is 1. The van der Waals surface area contributed by atoms with Gasteiger partial charge in [0, 0.05) is 37.3 Å². The lowest BCUT2D eigenvalue weighted by Gasteiger charge is -2.15. The molecule has 4 rings (SSSR count). The number of nitrogens with two attached hydrogens (primary N) is 1. The molecule has 0 radical (unpaired) electrons. The Labute approximate surface area is 212 Å². The lowest BCUT2D eigenvalue weighted by molar-refractivity contribution is 0.0993. The number of nitrogens with zero attached hydrogens (tertiary/aromatic N) is 5. The number of primary amides is 1. The molecule has 11 nitrogen and oxygen atoms in total. The Kier molecular flexibility index (Phi) is 6.92. The first-order valence-electron chi connectivity index (χ1n) is 11.0. The molecule has 0 bridgehead atoms. The van der Waals surface area contributed by atoms with Crippen LogP contribution >= 0.6 is 0 Å². The molecule has 37 heavy (non-hydrogen) atoms. The van der Waals surface area contributed by atoms with E-state index in [0.29, 0.717) is 17.2 Å². The Morgan fingerprint density at radius 2 is 1.78 bits per heavy atom. The van der Waals surface area contributed by atoms with E-state index in [1.807, 2.05) is 19.1 Å². The van der Waals surface area contributed by atoms with Gasteiger partial charge in [0.1, 0.15) is 17.3 Å². The van der Waals surface area contributed by atoms with Gasteiger partial charge in [-0.05, 0) is 31.2 Å². The Balaban J connectivity index is 1.61. The third-order valence-corrected chi connectivity index (χ3v) is 6.86. The van der Waals surface area contributed by atoms with Gasteiger partial charge in [-0.15, -0.1) is 0 Å². The standard InChI is InChI=1S/C24H24FN7O4S/c1-15-4-6-16(7-5-15)32-21(13-20(29-32)23(26)33)24(34)28-19-9-8-17(12-18(19)25)31-11-10-27-22(31)14-30(2)37(3,35)36/h4-13H,14H2,1-3H3,(H2,26,33)(H,28,34). The fraction of sp³-hybridized carbons (Fsp3) is 0.167. The predicted octanol–water partition coefficient (Wildman–Crippen LogP) is 2.25. The normalized spacial score (nSPS) is 11.6. The predicted molar refractivity (Wildman–Crippen MR) is 135 cm³/mol. The topological polar surface area (TPSA) is 145 Å². The van der Waals surface area contributed by atoms with E-state index < -0.39 is 27.7 Å². The number of amides is 2. The van der Waals surface area contributed by atoms with Crippen molar-refractivity contribution in [3.05, 3.63) is 89.5 Å². The summed E-state index contributed by atoms with van der Waals surface area (Å²) in [5.41, 5.74) is 7.00. The van der Waals surface area contributed by atoms with Crippen molar-refractivity contribution in [2.75, 3.05) is 18.6 Å². The van der Waals surface area contributed by atoms with E-state index in [4.69, 9.17) is 5.73 Å². The third-order valence-electron chi connectivity index (χ3n) is 5.60. The van der Waals surface area contributed by atoms with Crippen LogP contribution in [-0.4, -0.2) is 57.2 Å². The first-order valence-corrected chi connectivity index (χ1v) is 12.8. The van der Waals surface area contributed by atoms with Crippen LogP contribution in [0.2, 0.25) is 0 Å². The van der Waals surface area contributed by atoms with Gasteiger partial charge in [-0.3, -0.25) is 9.59 Å². The van der Waals surface area contributed by atoms with Crippen LogP contribution in [0.3, 0.4) is 0 Å². The Morgan fingerprint density at radius 3 is 2.41 bits per heavy atom. The van der Waals surface area contributed by atoms with Crippen molar-refractivity contribution in [2.24, 2.45) is 5.73 Å². The van der Waals surface area contributed by atoms with Gasteiger partial charge in [0.05, 0.1) is 24.2 Å². The van der Waals surface area contributed by atoms with E-state index in [-0.39, 0.29) is 23.6 Å². The molecule has 2 aromatic carbocycles. The summed E-state index contributed by atoms with van der Waals surface area (Å²) in [5, 5.41) is 6.62. The highest BCUT2D eigenvalue weighted by Gasteiger charge is 2.21. The monoisotopic (exact) mass is 525 g/mol. The zero-order chi connectivity index (χ0) is 26.9. The van der Waals surface area contributed by atoms with Crippen molar-refractivity contribution in [3.8, 4) is 11.4 Å². The smallest absolute Gasteiger partial charge is 0.274 e. The zero-order valence-corrected chi connectivity index (χ0v) is 21.0. The Morgan fingerprint density at radius 1 is 1.11 bits per heavy atom. The van der Waals surface area contributed by atoms with E-state index >= 15 is 4.39 Å². The highest BCUT2D eigenvalue weighted by molar-refractivity contribution is 7.88. The number of hydrogen-bond donors (Lipinski definition) is 2. The number of hydrogen-bond acceptors (Lipinski definition) is 6. The Hall–Kier alpha value is -4.36. The Bertz CT molecular complexity index is 1590. The van der Waals surface area contributed by atoms with E-state index in [2.05, 4.69) is 15.4 Å². The second-order valence-electron chi connectivity index (χ2n) is 8.38. The quantitative estimate of drug-likeness (QED) is 0.361. The number of aryl methyl sites for hydroxylation is 1. The van der Waals surface area contributed by atoms with Crippen LogP contribution in [0.25, 0.3) is 11.4 Å². The number of aromatic nitrogens is 4. The molecule has 3 N–H and O–H groups in total. The molecule has 0 aliphatic heterocycles. The van der Waals surface area contributed by atoms with Crippen LogP contribution in [0.4, 0.5) is 10.1 Å². The van der Waals surface area contributed by atoms with Crippen molar-refractivity contribution in [3.63, 3.8) is 0 Å². The molecule has 0 aliphatic rings. The molecule has 0 aliphatic carbocycles. The van der Waals surface area contributed by atoms with Crippen LogP contribution in [0, 0.1) is 12.7 Å². The number of carbonyl (C=O) groups is 2. The van der Waals surface area contributed by atoms with Gasteiger partial charge in [-0.2, -0.15) is 9.40 Å². The lowest BCUT2D eigenvalue weighted by Crippen LogP contribution is -2.26. The lowest BCUT2D eigenvalue weighted by atomic mass is 10.2. The third kappa shape index (κ3) is 5.57. The molecule has 0 spiro atoms. The number of sulfonamides is 1. The molecule has 0 atom stereocenters. The minimum Gasteiger partial charge on any atom is -0.364 e.